The van der Waals surface area contributed by atoms with E-state index in [2.05, 4.69) is 25.0 Å². The molecule has 2 aromatic rings. The number of aryl methyl sites for hydroxylation is 1. The molecule has 0 unspecified atom stereocenters. The van der Waals surface area contributed by atoms with Crippen molar-refractivity contribution in [2.75, 3.05) is 23.6 Å². The van der Waals surface area contributed by atoms with Crippen molar-refractivity contribution in [1.82, 2.24) is 14.5 Å². The average Bonchev–Trinajstić information content (AvgIpc) is 3.37. The first-order chi connectivity index (χ1) is 17.7. The summed E-state index contributed by atoms with van der Waals surface area (Å²) in [7, 11) is -2.75. The largest absolute Gasteiger partial charge is 0.483 e. The summed E-state index contributed by atoms with van der Waals surface area (Å²) in [5, 5.41) is 10.2. The van der Waals surface area contributed by atoms with E-state index in [0.29, 0.717) is 47.0 Å². The number of aromatic nitrogens is 3. The first-order valence-corrected chi connectivity index (χ1v) is 12.4. The van der Waals surface area contributed by atoms with Gasteiger partial charge in [-0.25, -0.2) is 22.2 Å². The Morgan fingerprint density at radius 2 is 1.95 bits per heavy atom. The summed E-state index contributed by atoms with van der Waals surface area (Å²) < 4.78 is 59.6. The Morgan fingerprint density at radius 1 is 1.22 bits per heavy atom. The van der Waals surface area contributed by atoms with Crippen molar-refractivity contribution in [3.8, 4) is 22.5 Å². The van der Waals surface area contributed by atoms with E-state index >= 15 is 4.39 Å². The highest BCUT2D eigenvalue weighted by Crippen LogP contribution is 2.41. The maximum Gasteiger partial charge on any atom is 0.290 e. The highest BCUT2D eigenvalue weighted by Gasteiger charge is 2.27. The molecule has 5 rings (SSSR count). The summed E-state index contributed by atoms with van der Waals surface area (Å²) >= 11 is 0. The number of halogens is 2. The number of rotatable bonds is 4. The van der Waals surface area contributed by atoms with E-state index in [1.165, 1.54) is 18.2 Å². The van der Waals surface area contributed by atoms with Crippen LogP contribution in [0, 0.1) is 18.6 Å². The molecular formula is C24H22F2N6O4S. The van der Waals surface area contributed by atoms with Crippen LogP contribution in [-0.4, -0.2) is 48.1 Å². The number of nitrogens with zero attached hydrogens (tertiary/aromatic N) is 4. The van der Waals surface area contributed by atoms with Crippen molar-refractivity contribution in [2.24, 2.45) is 4.99 Å². The summed E-state index contributed by atoms with van der Waals surface area (Å²) in [4.78, 5) is 20.5. The molecule has 0 spiro atoms. The average molecular weight is 529 g/mol. The number of anilines is 2. The number of carbonyl (C=O) groups is 1. The highest BCUT2D eigenvalue weighted by molar-refractivity contribution is 7.92. The van der Waals surface area contributed by atoms with E-state index in [1.807, 2.05) is 4.57 Å². The third kappa shape index (κ3) is 4.85. The quantitative estimate of drug-likeness (QED) is 0.346. The molecule has 3 aliphatic rings. The molecule has 10 nitrogen and oxygen atoms in total. The second kappa shape index (κ2) is 10.3. The van der Waals surface area contributed by atoms with Crippen LogP contribution in [0.15, 0.2) is 58.5 Å². The second-order valence-corrected chi connectivity index (χ2v) is 9.57. The third-order valence-corrected chi connectivity index (χ3v) is 7.08. The van der Waals surface area contributed by atoms with Gasteiger partial charge in [0.15, 0.2) is 5.82 Å². The molecule has 192 valence electrons. The normalized spacial score (nSPS) is 12.9. The first-order valence-electron chi connectivity index (χ1n) is 10.9. The van der Waals surface area contributed by atoms with Crippen LogP contribution in [0.5, 0.6) is 0 Å². The zero-order valence-electron chi connectivity index (χ0n) is 19.7. The van der Waals surface area contributed by atoms with Crippen LogP contribution >= 0.6 is 0 Å². The van der Waals surface area contributed by atoms with Crippen LogP contribution in [0.3, 0.4) is 0 Å². The summed E-state index contributed by atoms with van der Waals surface area (Å²) in [5.41, 5.74) is 2.11. The van der Waals surface area contributed by atoms with Gasteiger partial charge in [-0.15, -0.1) is 0 Å². The van der Waals surface area contributed by atoms with Gasteiger partial charge in [-0.05, 0) is 36.8 Å². The minimum Gasteiger partial charge on any atom is -0.483 e. The first kappa shape index (κ1) is 25.7. The molecule has 0 radical (unpaired) electrons. The number of benzene rings is 2. The zero-order chi connectivity index (χ0) is 26.7. The third-order valence-electron chi connectivity index (χ3n) is 5.68. The fourth-order valence-electron chi connectivity index (χ4n) is 4.10. The Kier molecular flexibility index (Phi) is 7.16. The molecule has 3 N–H and O–H groups in total. The van der Waals surface area contributed by atoms with E-state index < -0.39 is 26.6 Å². The van der Waals surface area contributed by atoms with Gasteiger partial charge in [0.2, 0.25) is 5.62 Å². The maximum atomic E-state index is 15.8. The predicted molar refractivity (Wildman–Crippen MR) is 133 cm³/mol. The molecule has 0 atom stereocenters. The molecule has 0 saturated carbocycles. The van der Waals surface area contributed by atoms with Crippen molar-refractivity contribution in [2.45, 2.75) is 18.4 Å². The molecule has 0 bridgehead atoms. The Morgan fingerprint density at radius 3 is 2.65 bits per heavy atom. The Hall–Kier alpha value is -4.39. The van der Waals surface area contributed by atoms with E-state index in [4.69, 9.17) is 9.90 Å². The number of fused-ring (bicyclic) bond motifs is 3. The SMILES string of the molecule is CN=c1ncc2cc(-c3c(C)ccc(NS(=O)(=O)c4ccccc4F)c3F)c3n(c-2n1)CCN3.O=CO. The van der Waals surface area contributed by atoms with Crippen LogP contribution in [0.1, 0.15) is 5.56 Å². The summed E-state index contributed by atoms with van der Waals surface area (Å²) in [6, 6.07) is 9.64. The van der Waals surface area contributed by atoms with Gasteiger partial charge in [0, 0.05) is 43.0 Å². The molecule has 37 heavy (non-hydrogen) atoms. The number of pyridine rings is 1. The smallest absolute Gasteiger partial charge is 0.290 e. The monoisotopic (exact) mass is 528 g/mol. The van der Waals surface area contributed by atoms with E-state index in [0.717, 1.165) is 12.1 Å². The topological polar surface area (TPSA) is 139 Å². The lowest BCUT2D eigenvalue weighted by atomic mass is 9.97. The lowest BCUT2D eigenvalue weighted by molar-refractivity contribution is -0.122. The fourth-order valence-corrected chi connectivity index (χ4v) is 5.24. The molecule has 0 amide bonds. The fraction of sp³-hybridized carbons (Fsp3) is 0.167. The van der Waals surface area contributed by atoms with Crippen LogP contribution in [-0.2, 0) is 21.4 Å². The molecular weight excluding hydrogens is 506 g/mol. The van der Waals surface area contributed by atoms with Gasteiger partial charge in [-0.2, -0.15) is 4.98 Å². The van der Waals surface area contributed by atoms with Crippen LogP contribution in [0.4, 0.5) is 20.3 Å². The molecule has 0 fully saturated rings. The minimum absolute atomic E-state index is 0.220. The molecule has 3 heterocycles. The van der Waals surface area contributed by atoms with Gasteiger partial charge in [0.05, 0.1) is 5.69 Å². The van der Waals surface area contributed by atoms with E-state index in [1.54, 1.807) is 32.3 Å². The van der Waals surface area contributed by atoms with Gasteiger partial charge in [-0.3, -0.25) is 14.5 Å². The van der Waals surface area contributed by atoms with E-state index in [9.17, 15) is 12.8 Å². The van der Waals surface area contributed by atoms with Crippen molar-refractivity contribution < 1.29 is 27.1 Å². The lowest BCUT2D eigenvalue weighted by Gasteiger charge is -2.20. The summed E-state index contributed by atoms with van der Waals surface area (Å²) in [6.07, 6.45) is 1.62. The lowest BCUT2D eigenvalue weighted by Crippen LogP contribution is -2.18. The summed E-state index contributed by atoms with van der Waals surface area (Å²) in [5.74, 6) is -0.371. The van der Waals surface area contributed by atoms with Crippen molar-refractivity contribution in [3.05, 3.63) is 71.5 Å². The molecule has 13 heteroatoms. The van der Waals surface area contributed by atoms with Crippen molar-refractivity contribution in [3.63, 3.8) is 0 Å². The number of hydrogen-bond acceptors (Lipinski definition) is 7. The minimum atomic E-state index is -4.35. The highest BCUT2D eigenvalue weighted by atomic mass is 32.2. The molecule has 3 aliphatic heterocycles. The van der Waals surface area contributed by atoms with Gasteiger partial charge in [-0.1, -0.05) is 18.2 Å². The van der Waals surface area contributed by atoms with Crippen molar-refractivity contribution >= 4 is 28.0 Å². The Labute approximate surface area is 210 Å². The number of hydrogen-bond donors (Lipinski definition) is 3. The van der Waals surface area contributed by atoms with Gasteiger partial charge in [0.25, 0.3) is 16.5 Å². The van der Waals surface area contributed by atoms with Crippen molar-refractivity contribution in [1.29, 1.82) is 0 Å². The Balaban J connectivity index is 0.00000102. The number of carboxylic acid groups (broad SMARTS) is 1. The number of sulfonamides is 1. The molecule has 0 aliphatic carbocycles. The van der Waals surface area contributed by atoms with Crippen LogP contribution in [0.2, 0.25) is 0 Å². The van der Waals surface area contributed by atoms with E-state index in [-0.39, 0.29) is 17.7 Å². The van der Waals surface area contributed by atoms with Gasteiger partial charge < -0.3 is 15.0 Å². The van der Waals surface area contributed by atoms with Gasteiger partial charge in [0.1, 0.15) is 22.4 Å². The maximum absolute atomic E-state index is 15.8. The Bertz CT molecular complexity index is 1640. The zero-order valence-corrected chi connectivity index (χ0v) is 20.6. The van der Waals surface area contributed by atoms with Crippen LogP contribution < -0.4 is 15.7 Å². The molecule has 2 aromatic carbocycles. The summed E-state index contributed by atoms with van der Waals surface area (Å²) in [6.45, 7) is 2.72. The predicted octanol–water partition coefficient (Wildman–Crippen LogP) is 3.09. The second-order valence-electron chi connectivity index (χ2n) is 7.92. The molecule has 0 saturated heterocycles. The molecule has 0 aromatic heterocycles. The van der Waals surface area contributed by atoms with Gasteiger partial charge >= 0.3 is 0 Å². The van der Waals surface area contributed by atoms with Crippen LogP contribution in [0.25, 0.3) is 22.5 Å². The standard InChI is InChI=1S/C23H20F2N6O2S.CH2O2/c1-13-7-8-17(30-34(32,33)18-6-4-3-5-16(18)24)20(25)19(13)15-11-14-12-28-23(26-2)29-21(14)31-10-9-27-22(15)31;2-1-3/h3-8,11-12,27,30H,9-10H2,1-2H3;1H,(H,2,3). The number of nitrogens with one attached hydrogen (secondary N) is 2.